The maximum Gasteiger partial charge on any atom is 0.358 e. The lowest BCUT2D eigenvalue weighted by Gasteiger charge is -2.16. The van der Waals surface area contributed by atoms with E-state index in [1.165, 1.54) is 23.7 Å². The predicted octanol–water partition coefficient (Wildman–Crippen LogP) is 2.08. The molecule has 4 rings (SSSR count). The lowest BCUT2D eigenvalue weighted by Crippen LogP contribution is -2.22. The molecule has 1 aliphatic carbocycles. The first-order chi connectivity index (χ1) is 12.6. The summed E-state index contributed by atoms with van der Waals surface area (Å²) in [5, 5.41) is 18.9. The highest BCUT2D eigenvalue weighted by atomic mass is 16.4. The summed E-state index contributed by atoms with van der Waals surface area (Å²) in [6, 6.07) is 8.13. The molecule has 0 bridgehead atoms. The van der Waals surface area contributed by atoms with Crippen LogP contribution in [-0.4, -0.2) is 41.5 Å². The molecule has 2 N–H and O–H groups in total. The van der Waals surface area contributed by atoms with Gasteiger partial charge in [-0.1, -0.05) is 30.2 Å². The molecule has 0 atom stereocenters. The highest BCUT2D eigenvalue weighted by Gasteiger charge is 2.23. The number of hydrogen-bond acceptors (Lipinski definition) is 5. The Morgan fingerprint density at radius 3 is 2.73 bits per heavy atom. The Morgan fingerprint density at radius 2 is 2.00 bits per heavy atom. The Bertz CT molecular complexity index is 970. The predicted molar refractivity (Wildman–Crippen MR) is 92.8 cm³/mol. The van der Waals surface area contributed by atoms with E-state index in [0.29, 0.717) is 12.0 Å². The van der Waals surface area contributed by atoms with Crippen LogP contribution in [0, 0.1) is 0 Å². The molecule has 1 amide bonds. The fraction of sp³-hybridized carbons (Fsp3) is 0.353. The van der Waals surface area contributed by atoms with E-state index in [-0.39, 0.29) is 18.1 Å². The average Bonchev–Trinajstić information content (AvgIpc) is 3.33. The number of nitrogens with one attached hydrogen (secondary N) is 1. The van der Waals surface area contributed by atoms with Gasteiger partial charge in [0.15, 0.2) is 5.69 Å². The van der Waals surface area contributed by atoms with Gasteiger partial charge in [-0.15, -0.1) is 5.10 Å². The lowest BCUT2D eigenvalue weighted by atomic mass is 10.2. The zero-order valence-corrected chi connectivity index (χ0v) is 14.0. The van der Waals surface area contributed by atoms with Crippen LogP contribution in [0.15, 0.2) is 30.5 Å². The summed E-state index contributed by atoms with van der Waals surface area (Å²) >= 11 is 0. The number of aromatic nitrogens is 5. The average molecular weight is 354 g/mol. The molecule has 1 saturated carbocycles. The van der Waals surface area contributed by atoms with E-state index in [4.69, 9.17) is 5.11 Å². The monoisotopic (exact) mass is 354 g/mol. The number of rotatable bonds is 5. The summed E-state index contributed by atoms with van der Waals surface area (Å²) in [7, 11) is 0. The zero-order valence-electron chi connectivity index (χ0n) is 14.0. The highest BCUT2D eigenvalue weighted by Crippen LogP contribution is 2.35. The first-order valence-corrected chi connectivity index (χ1v) is 8.52. The van der Waals surface area contributed by atoms with Crippen LogP contribution in [0.3, 0.4) is 0 Å². The van der Waals surface area contributed by atoms with Crippen molar-refractivity contribution >= 4 is 28.9 Å². The number of fused-ring (bicyclic) bond motifs is 1. The molecule has 2 aromatic heterocycles. The van der Waals surface area contributed by atoms with Crippen LogP contribution in [0.25, 0.3) is 11.0 Å². The third-order valence-corrected chi connectivity index (χ3v) is 4.60. The van der Waals surface area contributed by atoms with Crippen molar-refractivity contribution in [2.75, 3.05) is 5.32 Å². The number of aromatic carboxylic acids is 1. The van der Waals surface area contributed by atoms with Crippen molar-refractivity contribution in [3.05, 3.63) is 36.2 Å². The van der Waals surface area contributed by atoms with Gasteiger partial charge in [0, 0.05) is 6.04 Å². The van der Waals surface area contributed by atoms with Crippen LogP contribution in [0.5, 0.6) is 0 Å². The largest absolute Gasteiger partial charge is 0.476 e. The molecule has 0 saturated heterocycles. The van der Waals surface area contributed by atoms with Crippen molar-refractivity contribution in [3.8, 4) is 0 Å². The van der Waals surface area contributed by atoms with Gasteiger partial charge in [-0.3, -0.25) is 10.1 Å². The van der Waals surface area contributed by atoms with Gasteiger partial charge in [0.1, 0.15) is 6.54 Å². The van der Waals surface area contributed by atoms with Crippen LogP contribution in [0.4, 0.5) is 5.95 Å². The molecule has 26 heavy (non-hydrogen) atoms. The SMILES string of the molecule is O=C(Cn1cc(C(=O)O)nn1)Nc1nc2ccccc2n1C1CCCC1. The first kappa shape index (κ1) is 16.2. The number of carboxylic acids is 1. The summed E-state index contributed by atoms with van der Waals surface area (Å²) in [5.41, 5.74) is 1.64. The molecule has 1 aliphatic rings. The van der Waals surface area contributed by atoms with Crippen molar-refractivity contribution in [2.24, 2.45) is 0 Å². The second kappa shape index (κ2) is 6.58. The van der Waals surface area contributed by atoms with E-state index < -0.39 is 5.97 Å². The van der Waals surface area contributed by atoms with Gasteiger partial charge < -0.3 is 9.67 Å². The number of carboxylic acid groups (broad SMARTS) is 1. The number of amides is 1. The van der Waals surface area contributed by atoms with E-state index in [0.717, 1.165) is 23.9 Å². The molecule has 9 nitrogen and oxygen atoms in total. The van der Waals surface area contributed by atoms with E-state index >= 15 is 0 Å². The van der Waals surface area contributed by atoms with Crippen molar-refractivity contribution in [3.63, 3.8) is 0 Å². The first-order valence-electron chi connectivity index (χ1n) is 8.52. The molecule has 0 radical (unpaired) electrons. The topological polar surface area (TPSA) is 115 Å². The van der Waals surface area contributed by atoms with Crippen molar-refractivity contribution < 1.29 is 14.7 Å². The minimum Gasteiger partial charge on any atom is -0.476 e. The summed E-state index contributed by atoms with van der Waals surface area (Å²) in [6.45, 7) is -0.131. The molecule has 134 valence electrons. The summed E-state index contributed by atoms with van der Waals surface area (Å²) in [5.74, 6) is -0.997. The summed E-state index contributed by atoms with van der Waals surface area (Å²) < 4.78 is 3.30. The number of carbonyl (C=O) groups is 2. The van der Waals surface area contributed by atoms with Gasteiger partial charge >= 0.3 is 5.97 Å². The van der Waals surface area contributed by atoms with Gasteiger partial charge in [0.05, 0.1) is 17.2 Å². The van der Waals surface area contributed by atoms with E-state index in [2.05, 4.69) is 25.2 Å². The highest BCUT2D eigenvalue weighted by molar-refractivity contribution is 5.91. The molecule has 0 aliphatic heterocycles. The van der Waals surface area contributed by atoms with Crippen LogP contribution in [-0.2, 0) is 11.3 Å². The van der Waals surface area contributed by atoms with Crippen LogP contribution in [0.1, 0.15) is 42.2 Å². The molecule has 3 aromatic rings. The minimum absolute atomic E-state index is 0.131. The maximum absolute atomic E-state index is 12.4. The van der Waals surface area contributed by atoms with Gasteiger partial charge in [-0.2, -0.15) is 0 Å². The van der Waals surface area contributed by atoms with Crippen LogP contribution >= 0.6 is 0 Å². The number of para-hydroxylation sites is 2. The molecule has 0 unspecified atom stereocenters. The number of nitrogens with zero attached hydrogens (tertiary/aromatic N) is 5. The molecule has 9 heteroatoms. The second-order valence-corrected chi connectivity index (χ2v) is 6.39. The van der Waals surface area contributed by atoms with Gasteiger partial charge in [-0.05, 0) is 25.0 Å². The summed E-state index contributed by atoms with van der Waals surface area (Å²) in [4.78, 5) is 27.8. The Balaban J connectivity index is 1.58. The molecule has 1 aromatic carbocycles. The molecular weight excluding hydrogens is 336 g/mol. The molecule has 1 fully saturated rings. The second-order valence-electron chi connectivity index (χ2n) is 6.39. The zero-order chi connectivity index (χ0) is 18.1. The fourth-order valence-electron chi connectivity index (χ4n) is 3.45. The third kappa shape index (κ3) is 3.03. The Kier molecular flexibility index (Phi) is 4.11. The van der Waals surface area contributed by atoms with E-state index in [9.17, 15) is 9.59 Å². The number of anilines is 1. The van der Waals surface area contributed by atoms with E-state index in [1.807, 2.05) is 24.3 Å². The molecular formula is C17H18N6O3. The lowest BCUT2D eigenvalue weighted by molar-refractivity contribution is -0.117. The number of benzene rings is 1. The number of carbonyl (C=O) groups excluding carboxylic acids is 1. The maximum atomic E-state index is 12.4. The quantitative estimate of drug-likeness (QED) is 0.725. The van der Waals surface area contributed by atoms with Crippen molar-refractivity contribution in [2.45, 2.75) is 38.3 Å². The number of hydrogen-bond donors (Lipinski definition) is 2. The number of imidazole rings is 1. The van der Waals surface area contributed by atoms with Gasteiger partial charge in [0.2, 0.25) is 11.9 Å². The Hall–Kier alpha value is -3.23. The Morgan fingerprint density at radius 1 is 1.23 bits per heavy atom. The van der Waals surface area contributed by atoms with Crippen LogP contribution in [0.2, 0.25) is 0 Å². The van der Waals surface area contributed by atoms with E-state index in [1.54, 1.807) is 0 Å². The minimum atomic E-state index is -1.18. The van der Waals surface area contributed by atoms with Gasteiger partial charge in [-0.25, -0.2) is 14.5 Å². The smallest absolute Gasteiger partial charge is 0.358 e. The van der Waals surface area contributed by atoms with Crippen molar-refractivity contribution in [1.29, 1.82) is 0 Å². The third-order valence-electron chi connectivity index (χ3n) is 4.60. The van der Waals surface area contributed by atoms with Crippen molar-refractivity contribution in [1.82, 2.24) is 24.5 Å². The summed E-state index contributed by atoms with van der Waals surface area (Å²) in [6.07, 6.45) is 5.69. The molecule has 0 spiro atoms. The fourth-order valence-corrected chi connectivity index (χ4v) is 3.45. The standard InChI is InChI=1S/C17H18N6O3/c24-15(10-22-9-13(16(25)26)20-21-22)19-17-18-12-7-3-4-8-14(12)23(17)11-5-1-2-6-11/h3-4,7-9,11H,1-2,5-6,10H2,(H,25,26)(H,18,19,24). The molecule has 2 heterocycles. The van der Waals surface area contributed by atoms with Crippen LogP contribution < -0.4 is 5.32 Å². The normalized spacial score (nSPS) is 14.8. The van der Waals surface area contributed by atoms with Gasteiger partial charge in [0.25, 0.3) is 0 Å². The Labute approximate surface area is 148 Å².